The van der Waals surface area contributed by atoms with Crippen molar-refractivity contribution in [3.63, 3.8) is 0 Å². The number of carbonyl (C=O) groups excluding carboxylic acids is 2. The normalized spacial score (nSPS) is 10.3. The number of likely N-dealkylation sites (N-methyl/N-ethyl adjacent to an activating group) is 1. The Bertz CT molecular complexity index is 826. The molecule has 2 aromatic carbocycles. The Labute approximate surface area is 166 Å². The van der Waals surface area contributed by atoms with E-state index in [1.807, 2.05) is 32.0 Å². The number of halogens is 2. The zero-order valence-electron chi connectivity index (χ0n) is 14.8. The Hall–Kier alpha value is -2.05. The molecule has 0 bridgehead atoms. The number of amides is 2. The number of nitrogens with one attached hydrogen (secondary N) is 1. The molecule has 2 rings (SSSR count). The molecule has 0 aromatic heterocycles. The van der Waals surface area contributed by atoms with Crippen molar-refractivity contribution in [1.29, 1.82) is 0 Å². The standard InChI is InChI=1S/C19H20BrClN2O3/c1-12-9-15(5-6-16(12)21)26-11-19(25)23(3)10-18(24)22-17-7-4-14(20)8-13(17)2/h4-9H,10-11H2,1-3H3,(H,22,24). The molecule has 5 nitrogen and oxygen atoms in total. The zero-order chi connectivity index (χ0) is 19.3. The van der Waals surface area contributed by atoms with Crippen LogP contribution in [0.15, 0.2) is 40.9 Å². The van der Waals surface area contributed by atoms with E-state index in [1.54, 1.807) is 25.2 Å². The molecule has 7 heteroatoms. The lowest BCUT2D eigenvalue weighted by Crippen LogP contribution is -2.37. The second-order valence-corrected chi connectivity index (χ2v) is 7.28. The molecule has 0 unspecified atom stereocenters. The van der Waals surface area contributed by atoms with Crippen LogP contribution >= 0.6 is 27.5 Å². The molecule has 2 aromatic rings. The number of benzene rings is 2. The quantitative estimate of drug-likeness (QED) is 0.734. The van der Waals surface area contributed by atoms with E-state index in [0.29, 0.717) is 16.5 Å². The van der Waals surface area contributed by atoms with Gasteiger partial charge in [-0.2, -0.15) is 0 Å². The maximum atomic E-state index is 12.2. The number of aryl methyl sites for hydroxylation is 2. The highest BCUT2D eigenvalue weighted by Gasteiger charge is 2.14. The van der Waals surface area contributed by atoms with Gasteiger partial charge in [-0.25, -0.2) is 0 Å². The van der Waals surface area contributed by atoms with Gasteiger partial charge in [0.05, 0.1) is 6.54 Å². The van der Waals surface area contributed by atoms with Crippen molar-refractivity contribution in [3.8, 4) is 5.75 Å². The smallest absolute Gasteiger partial charge is 0.260 e. The van der Waals surface area contributed by atoms with E-state index in [1.165, 1.54) is 4.90 Å². The molecule has 1 N–H and O–H groups in total. The van der Waals surface area contributed by atoms with Gasteiger partial charge in [-0.1, -0.05) is 27.5 Å². The molecule has 0 saturated carbocycles. The van der Waals surface area contributed by atoms with Gasteiger partial charge in [0.15, 0.2) is 6.61 Å². The van der Waals surface area contributed by atoms with Crippen molar-refractivity contribution in [1.82, 2.24) is 4.90 Å². The van der Waals surface area contributed by atoms with Crippen molar-refractivity contribution >= 4 is 45.0 Å². The molecule has 26 heavy (non-hydrogen) atoms. The summed E-state index contributed by atoms with van der Waals surface area (Å²) in [6.07, 6.45) is 0. The maximum Gasteiger partial charge on any atom is 0.260 e. The first-order valence-corrected chi connectivity index (χ1v) is 9.12. The third kappa shape index (κ3) is 5.75. The van der Waals surface area contributed by atoms with Gasteiger partial charge in [0, 0.05) is 22.2 Å². The second kappa shape index (κ2) is 9.05. The minimum absolute atomic E-state index is 0.0582. The minimum atomic E-state index is -0.291. The van der Waals surface area contributed by atoms with Crippen molar-refractivity contribution in [3.05, 3.63) is 57.0 Å². The number of nitrogens with zero attached hydrogens (tertiary/aromatic N) is 1. The highest BCUT2D eigenvalue weighted by atomic mass is 79.9. The van der Waals surface area contributed by atoms with Crippen LogP contribution in [0.1, 0.15) is 11.1 Å². The van der Waals surface area contributed by atoms with Crippen molar-refractivity contribution < 1.29 is 14.3 Å². The van der Waals surface area contributed by atoms with Crippen molar-refractivity contribution in [2.45, 2.75) is 13.8 Å². The first kappa shape index (κ1) is 20.3. The van der Waals surface area contributed by atoms with Gasteiger partial charge in [0.1, 0.15) is 5.75 Å². The molecule has 138 valence electrons. The predicted octanol–water partition coefficient (Wildman–Crippen LogP) is 4.20. The summed E-state index contributed by atoms with van der Waals surface area (Å²) in [6.45, 7) is 3.55. The molecule has 0 aliphatic carbocycles. The summed E-state index contributed by atoms with van der Waals surface area (Å²) in [4.78, 5) is 25.6. The van der Waals surface area contributed by atoms with E-state index in [9.17, 15) is 9.59 Å². The summed E-state index contributed by atoms with van der Waals surface area (Å²) in [5.74, 6) is -0.00233. The van der Waals surface area contributed by atoms with Crippen LogP contribution in [0.25, 0.3) is 0 Å². The maximum absolute atomic E-state index is 12.2. The molecule has 0 heterocycles. The molecular weight excluding hydrogens is 420 g/mol. The lowest BCUT2D eigenvalue weighted by Gasteiger charge is -2.18. The summed E-state index contributed by atoms with van der Waals surface area (Å²) in [6, 6.07) is 10.7. The van der Waals surface area contributed by atoms with Gasteiger partial charge >= 0.3 is 0 Å². The van der Waals surface area contributed by atoms with Crippen LogP contribution in [-0.2, 0) is 9.59 Å². The third-order valence-corrected chi connectivity index (χ3v) is 4.68. The average Bonchev–Trinajstić information content (AvgIpc) is 2.58. The van der Waals surface area contributed by atoms with E-state index in [4.69, 9.17) is 16.3 Å². The lowest BCUT2D eigenvalue weighted by molar-refractivity contribution is -0.135. The van der Waals surface area contributed by atoms with E-state index in [0.717, 1.165) is 15.6 Å². The van der Waals surface area contributed by atoms with Crippen LogP contribution in [0.5, 0.6) is 5.75 Å². The average molecular weight is 440 g/mol. The van der Waals surface area contributed by atoms with Gasteiger partial charge in [-0.3, -0.25) is 9.59 Å². The summed E-state index contributed by atoms with van der Waals surface area (Å²) in [5, 5.41) is 3.44. The SMILES string of the molecule is Cc1cc(OCC(=O)N(C)CC(=O)Nc2ccc(Br)cc2C)ccc1Cl. The van der Waals surface area contributed by atoms with Gasteiger partial charge in [-0.05, 0) is 61.4 Å². The minimum Gasteiger partial charge on any atom is -0.484 e. The highest BCUT2D eigenvalue weighted by molar-refractivity contribution is 9.10. The highest BCUT2D eigenvalue weighted by Crippen LogP contribution is 2.21. The molecule has 0 aliphatic rings. The Morgan fingerprint density at radius 3 is 2.54 bits per heavy atom. The van der Waals surface area contributed by atoms with Crippen LogP contribution in [0.3, 0.4) is 0 Å². The number of hydrogen-bond acceptors (Lipinski definition) is 3. The monoisotopic (exact) mass is 438 g/mol. The van der Waals surface area contributed by atoms with Crippen molar-refractivity contribution in [2.75, 3.05) is 25.5 Å². The number of ether oxygens (including phenoxy) is 1. The summed E-state index contributed by atoms with van der Waals surface area (Å²) < 4.78 is 6.41. The van der Waals surface area contributed by atoms with E-state index >= 15 is 0 Å². The fourth-order valence-corrected chi connectivity index (χ4v) is 2.82. The predicted molar refractivity (Wildman–Crippen MR) is 107 cm³/mol. The molecule has 0 atom stereocenters. The molecule has 0 radical (unpaired) electrons. The molecule has 2 amide bonds. The van der Waals surface area contributed by atoms with Crippen LogP contribution in [0, 0.1) is 13.8 Å². The molecule has 0 saturated heterocycles. The first-order chi connectivity index (χ1) is 12.3. The number of carbonyl (C=O) groups is 2. The van der Waals surface area contributed by atoms with E-state index < -0.39 is 0 Å². The number of anilines is 1. The molecule has 0 spiro atoms. The fourth-order valence-electron chi connectivity index (χ4n) is 2.22. The van der Waals surface area contributed by atoms with Gasteiger partial charge in [-0.15, -0.1) is 0 Å². The lowest BCUT2D eigenvalue weighted by atomic mass is 10.2. The van der Waals surface area contributed by atoms with Crippen LogP contribution in [-0.4, -0.2) is 36.9 Å². The fraction of sp³-hybridized carbons (Fsp3) is 0.263. The number of rotatable bonds is 6. The molecular formula is C19H20BrClN2O3. The van der Waals surface area contributed by atoms with E-state index in [-0.39, 0.29) is 25.0 Å². The van der Waals surface area contributed by atoms with Crippen LogP contribution in [0.2, 0.25) is 5.02 Å². The zero-order valence-corrected chi connectivity index (χ0v) is 17.1. The van der Waals surface area contributed by atoms with E-state index in [2.05, 4.69) is 21.2 Å². The largest absolute Gasteiger partial charge is 0.484 e. The van der Waals surface area contributed by atoms with Gasteiger partial charge in [0.2, 0.25) is 5.91 Å². The Balaban J connectivity index is 1.85. The summed E-state index contributed by atoms with van der Waals surface area (Å²) in [7, 11) is 1.56. The third-order valence-electron chi connectivity index (χ3n) is 3.76. The van der Waals surface area contributed by atoms with Crippen LogP contribution < -0.4 is 10.1 Å². The van der Waals surface area contributed by atoms with Gasteiger partial charge < -0.3 is 15.0 Å². The van der Waals surface area contributed by atoms with Crippen molar-refractivity contribution in [2.24, 2.45) is 0 Å². The first-order valence-electron chi connectivity index (χ1n) is 7.95. The number of hydrogen-bond donors (Lipinski definition) is 1. The van der Waals surface area contributed by atoms with Crippen LogP contribution in [0.4, 0.5) is 5.69 Å². The summed E-state index contributed by atoms with van der Waals surface area (Å²) >= 11 is 9.34. The van der Waals surface area contributed by atoms with Gasteiger partial charge in [0.25, 0.3) is 5.91 Å². The Morgan fingerprint density at radius 2 is 1.88 bits per heavy atom. The second-order valence-electron chi connectivity index (χ2n) is 5.96. The Kier molecular flexibility index (Phi) is 7.06. The molecule has 0 fully saturated rings. The Morgan fingerprint density at radius 1 is 1.15 bits per heavy atom. The summed E-state index contributed by atoms with van der Waals surface area (Å²) in [5.41, 5.74) is 2.52. The molecule has 0 aliphatic heterocycles. The topological polar surface area (TPSA) is 58.6 Å².